The Labute approximate surface area is 91.7 Å². The van der Waals surface area contributed by atoms with Crippen LogP contribution in [0.5, 0.6) is 0 Å². The highest BCUT2D eigenvalue weighted by Crippen LogP contribution is 2.20. The second kappa shape index (κ2) is 4.35. The molecule has 1 aromatic carbocycles. The van der Waals surface area contributed by atoms with Crippen LogP contribution in [0.25, 0.3) is 0 Å². The van der Waals surface area contributed by atoms with E-state index in [0.717, 1.165) is 6.07 Å². The Kier molecular flexibility index (Phi) is 3.33. The average Bonchev–Trinajstić information content (AvgIpc) is 2.16. The molecular weight excluding hydrogens is 237 g/mol. The van der Waals surface area contributed by atoms with Crippen molar-refractivity contribution in [2.24, 2.45) is 0 Å². The number of hydrogen-bond acceptors (Lipinski definition) is 4. The number of halogens is 1. The predicted octanol–water partition coefficient (Wildman–Crippen LogP) is 0.0256. The Bertz CT molecular complexity index is 495. The van der Waals surface area contributed by atoms with Gasteiger partial charge in [-0.25, -0.2) is 22.3 Å². The molecule has 0 atom stereocenters. The summed E-state index contributed by atoms with van der Waals surface area (Å²) >= 11 is 0. The molecule has 0 aliphatic carbocycles. The Balaban J connectivity index is 3.23. The van der Waals surface area contributed by atoms with Crippen LogP contribution in [-0.4, -0.2) is 21.5 Å². The number of sulfonamides is 1. The van der Waals surface area contributed by atoms with Crippen LogP contribution < -0.4 is 15.8 Å². The lowest BCUT2D eigenvalue weighted by Gasteiger charge is -2.09. The fraction of sp³-hybridized carbons (Fsp3) is 0.125. The highest BCUT2D eigenvalue weighted by molar-refractivity contribution is 7.90. The van der Waals surface area contributed by atoms with Crippen molar-refractivity contribution >= 4 is 21.7 Å². The third kappa shape index (κ3) is 2.40. The van der Waals surface area contributed by atoms with Crippen molar-refractivity contribution in [1.29, 1.82) is 0 Å². The Hall–Kier alpha value is -1.83. The van der Waals surface area contributed by atoms with E-state index in [4.69, 9.17) is 5.73 Å². The van der Waals surface area contributed by atoms with Crippen molar-refractivity contribution in [3.05, 3.63) is 24.0 Å². The van der Waals surface area contributed by atoms with Crippen LogP contribution >= 0.6 is 0 Å². The first-order chi connectivity index (χ1) is 7.38. The van der Waals surface area contributed by atoms with Gasteiger partial charge < -0.3 is 11.1 Å². The molecule has 88 valence electrons. The molecule has 0 aromatic heterocycles. The number of amides is 2. The van der Waals surface area contributed by atoms with Gasteiger partial charge in [-0.3, -0.25) is 0 Å². The number of nitrogen functional groups attached to an aromatic ring is 1. The summed E-state index contributed by atoms with van der Waals surface area (Å²) in [5.74, 6) is -1.02. The molecule has 8 heteroatoms. The van der Waals surface area contributed by atoms with Crippen molar-refractivity contribution in [2.75, 3.05) is 12.8 Å². The molecule has 1 rings (SSSR count). The molecule has 6 nitrogen and oxygen atoms in total. The number of anilines is 1. The van der Waals surface area contributed by atoms with Gasteiger partial charge in [-0.1, -0.05) is 6.07 Å². The minimum absolute atomic E-state index is 0.267. The summed E-state index contributed by atoms with van der Waals surface area (Å²) in [6, 6.07) is 2.46. The number of urea groups is 1. The van der Waals surface area contributed by atoms with Gasteiger partial charge in [-0.05, 0) is 12.1 Å². The number of nitrogens with one attached hydrogen (secondary N) is 2. The third-order valence-electron chi connectivity index (χ3n) is 1.72. The van der Waals surface area contributed by atoms with Crippen LogP contribution in [0.3, 0.4) is 0 Å². The topological polar surface area (TPSA) is 101 Å². The molecule has 16 heavy (non-hydrogen) atoms. The lowest BCUT2D eigenvalue weighted by molar-refractivity contribution is 0.248. The summed E-state index contributed by atoms with van der Waals surface area (Å²) in [7, 11) is -3.06. The molecule has 0 radical (unpaired) electrons. The molecule has 1 aromatic rings. The van der Waals surface area contributed by atoms with Gasteiger partial charge in [0.25, 0.3) is 10.0 Å². The van der Waals surface area contributed by atoms with Crippen LogP contribution in [0.2, 0.25) is 0 Å². The zero-order chi connectivity index (χ0) is 12.3. The molecule has 0 bridgehead atoms. The first-order valence-corrected chi connectivity index (χ1v) is 5.65. The van der Waals surface area contributed by atoms with Gasteiger partial charge >= 0.3 is 6.03 Å². The SMILES string of the molecule is CNC(=O)NS(=O)(=O)c1c(N)cccc1F. The normalized spacial score (nSPS) is 10.9. The number of benzene rings is 1. The van der Waals surface area contributed by atoms with E-state index in [0.29, 0.717) is 0 Å². The third-order valence-corrected chi connectivity index (χ3v) is 3.14. The largest absolute Gasteiger partial charge is 0.398 e. The van der Waals surface area contributed by atoms with E-state index in [1.165, 1.54) is 19.2 Å². The number of rotatable bonds is 2. The van der Waals surface area contributed by atoms with Gasteiger partial charge in [0.2, 0.25) is 0 Å². The average molecular weight is 247 g/mol. The monoisotopic (exact) mass is 247 g/mol. The number of nitrogens with two attached hydrogens (primary N) is 1. The zero-order valence-corrected chi connectivity index (χ0v) is 9.14. The van der Waals surface area contributed by atoms with Gasteiger partial charge in [-0.15, -0.1) is 0 Å². The molecule has 0 saturated carbocycles. The second-order valence-corrected chi connectivity index (χ2v) is 4.46. The number of hydrogen-bond donors (Lipinski definition) is 3. The Morgan fingerprint density at radius 1 is 1.44 bits per heavy atom. The highest BCUT2D eigenvalue weighted by Gasteiger charge is 2.23. The molecule has 2 amide bonds. The van der Waals surface area contributed by atoms with Crippen LogP contribution in [0.1, 0.15) is 0 Å². The maximum absolute atomic E-state index is 13.3. The van der Waals surface area contributed by atoms with Crippen molar-refractivity contribution < 1.29 is 17.6 Å². The van der Waals surface area contributed by atoms with Gasteiger partial charge in [-0.2, -0.15) is 0 Å². The van der Waals surface area contributed by atoms with Crippen molar-refractivity contribution in [2.45, 2.75) is 4.90 Å². The van der Waals surface area contributed by atoms with Gasteiger partial charge in [0, 0.05) is 7.05 Å². The standard InChI is InChI=1S/C8H10FN3O3S/c1-11-8(13)12-16(14,15)7-5(9)3-2-4-6(7)10/h2-4H,10H2,1H3,(H2,11,12,13). The van der Waals surface area contributed by atoms with Gasteiger partial charge in [0.15, 0.2) is 0 Å². The van der Waals surface area contributed by atoms with Crippen LogP contribution in [0.15, 0.2) is 23.1 Å². The fourth-order valence-electron chi connectivity index (χ4n) is 1.03. The van der Waals surface area contributed by atoms with Gasteiger partial charge in [0.1, 0.15) is 10.7 Å². The number of carbonyl (C=O) groups is 1. The van der Waals surface area contributed by atoms with Crippen molar-refractivity contribution in [3.8, 4) is 0 Å². The smallest absolute Gasteiger partial charge is 0.328 e. The fourth-order valence-corrected chi connectivity index (χ4v) is 2.18. The summed E-state index contributed by atoms with van der Waals surface area (Å²) in [4.78, 5) is 10.1. The summed E-state index contributed by atoms with van der Waals surface area (Å²) < 4.78 is 38.0. The van der Waals surface area contributed by atoms with Crippen LogP contribution in [-0.2, 0) is 10.0 Å². The first-order valence-electron chi connectivity index (χ1n) is 4.17. The first kappa shape index (κ1) is 12.2. The molecule has 0 aliphatic rings. The summed E-state index contributed by atoms with van der Waals surface area (Å²) in [5.41, 5.74) is 5.07. The molecule has 4 N–H and O–H groups in total. The van der Waals surface area contributed by atoms with E-state index in [1.807, 2.05) is 5.32 Å². The lowest BCUT2D eigenvalue weighted by atomic mass is 10.3. The van der Waals surface area contributed by atoms with E-state index in [-0.39, 0.29) is 5.69 Å². The summed E-state index contributed by atoms with van der Waals surface area (Å²) in [6.45, 7) is 0. The Morgan fingerprint density at radius 3 is 2.56 bits per heavy atom. The summed E-state index contributed by atoms with van der Waals surface area (Å²) in [6.07, 6.45) is 0. The molecule has 0 fully saturated rings. The maximum atomic E-state index is 13.3. The molecule has 0 aliphatic heterocycles. The van der Waals surface area contributed by atoms with E-state index >= 15 is 0 Å². The molecular formula is C8H10FN3O3S. The Morgan fingerprint density at radius 2 is 2.06 bits per heavy atom. The molecule has 0 saturated heterocycles. The summed E-state index contributed by atoms with van der Waals surface area (Å²) in [5, 5.41) is 2.04. The second-order valence-electron chi connectivity index (χ2n) is 2.84. The zero-order valence-electron chi connectivity index (χ0n) is 8.32. The molecule has 0 spiro atoms. The van der Waals surface area contributed by atoms with Crippen LogP contribution in [0.4, 0.5) is 14.9 Å². The lowest BCUT2D eigenvalue weighted by Crippen LogP contribution is -2.38. The van der Waals surface area contributed by atoms with Crippen molar-refractivity contribution in [3.63, 3.8) is 0 Å². The minimum atomic E-state index is -4.29. The molecule has 0 unspecified atom stereocenters. The van der Waals surface area contributed by atoms with E-state index in [9.17, 15) is 17.6 Å². The molecule has 0 heterocycles. The highest BCUT2D eigenvalue weighted by atomic mass is 32.2. The quantitative estimate of drug-likeness (QED) is 0.641. The maximum Gasteiger partial charge on any atom is 0.328 e. The van der Waals surface area contributed by atoms with E-state index in [1.54, 1.807) is 4.72 Å². The minimum Gasteiger partial charge on any atom is -0.398 e. The predicted molar refractivity (Wildman–Crippen MR) is 55.6 cm³/mol. The van der Waals surface area contributed by atoms with Crippen molar-refractivity contribution in [1.82, 2.24) is 10.0 Å². The van der Waals surface area contributed by atoms with Gasteiger partial charge in [0.05, 0.1) is 5.69 Å². The van der Waals surface area contributed by atoms with E-state index in [2.05, 4.69) is 0 Å². The van der Waals surface area contributed by atoms with Crippen LogP contribution in [0, 0.1) is 5.82 Å². The van der Waals surface area contributed by atoms with E-state index < -0.39 is 26.8 Å². The number of carbonyl (C=O) groups excluding carboxylic acids is 1.